The fourth-order valence-corrected chi connectivity index (χ4v) is 7.76. The minimum absolute atomic E-state index is 0.0315. The van der Waals surface area contributed by atoms with Crippen molar-refractivity contribution in [2.24, 2.45) is 28.6 Å². The number of ether oxygens (including phenoxy) is 1. The molecule has 0 bridgehead atoms. The zero-order valence-corrected chi connectivity index (χ0v) is 14.6. The highest BCUT2D eigenvalue weighted by atomic mass is 16.6. The highest BCUT2D eigenvalue weighted by Gasteiger charge is 2.77. The van der Waals surface area contributed by atoms with Gasteiger partial charge in [-0.2, -0.15) is 0 Å². The number of hydrogen-bond donors (Lipinski definition) is 1. The monoisotopic (exact) mass is 332 g/mol. The van der Waals surface area contributed by atoms with Crippen molar-refractivity contribution in [3.63, 3.8) is 0 Å². The molecule has 1 saturated heterocycles. The third-order valence-corrected chi connectivity index (χ3v) is 8.91. The zero-order valence-electron chi connectivity index (χ0n) is 14.6. The molecule has 7 atom stereocenters. The van der Waals surface area contributed by atoms with Crippen molar-refractivity contribution in [3.8, 4) is 0 Å². The minimum atomic E-state index is -0.275. The largest absolute Gasteiger partial charge is 0.396 e. The summed E-state index contributed by atoms with van der Waals surface area (Å²) >= 11 is 0. The number of carbonyl (C=O) groups excluding carboxylic acids is 2. The van der Waals surface area contributed by atoms with Crippen LogP contribution in [0.1, 0.15) is 64.7 Å². The summed E-state index contributed by atoms with van der Waals surface area (Å²) in [4.78, 5) is 24.7. The number of hydrogen-bond acceptors (Lipinski definition) is 4. The van der Waals surface area contributed by atoms with Gasteiger partial charge in [0.2, 0.25) is 0 Å². The lowest BCUT2D eigenvalue weighted by Gasteiger charge is -2.59. The first-order chi connectivity index (χ1) is 11.5. The molecule has 0 aromatic heterocycles. The van der Waals surface area contributed by atoms with E-state index in [0.717, 1.165) is 51.4 Å². The smallest absolute Gasteiger partial charge is 0.164 e. The van der Waals surface area contributed by atoms with Gasteiger partial charge in [-0.15, -0.1) is 0 Å². The minimum Gasteiger partial charge on any atom is -0.396 e. The molecule has 4 heteroatoms. The second-order valence-electron chi connectivity index (χ2n) is 9.32. The first-order valence-corrected chi connectivity index (χ1v) is 9.83. The molecule has 0 aromatic rings. The third-order valence-electron chi connectivity index (χ3n) is 8.91. The Morgan fingerprint density at radius 2 is 1.92 bits per heavy atom. The van der Waals surface area contributed by atoms with E-state index in [1.54, 1.807) is 0 Å². The lowest BCUT2D eigenvalue weighted by atomic mass is 9.43. The Kier molecular flexibility index (Phi) is 3.04. The Bertz CT molecular complexity index is 615. The number of carbonyl (C=O) groups is 2. The number of aliphatic hydroxyl groups is 1. The van der Waals surface area contributed by atoms with E-state index in [0.29, 0.717) is 30.0 Å². The molecule has 4 aliphatic carbocycles. The van der Waals surface area contributed by atoms with E-state index in [1.807, 2.05) is 0 Å². The van der Waals surface area contributed by atoms with Crippen molar-refractivity contribution in [3.05, 3.63) is 0 Å². The van der Waals surface area contributed by atoms with Crippen LogP contribution in [0.3, 0.4) is 0 Å². The Balaban J connectivity index is 1.55. The molecule has 2 unspecified atom stereocenters. The number of fused-ring (bicyclic) bond motifs is 4. The van der Waals surface area contributed by atoms with Crippen molar-refractivity contribution in [2.45, 2.75) is 76.4 Å². The summed E-state index contributed by atoms with van der Waals surface area (Å²) in [6.45, 7) is 2.38. The molecule has 1 spiro atoms. The molecule has 1 N–H and O–H groups in total. The Morgan fingerprint density at radius 3 is 2.71 bits per heavy atom. The van der Waals surface area contributed by atoms with Crippen LogP contribution < -0.4 is 0 Å². The van der Waals surface area contributed by atoms with Crippen LogP contribution in [0, 0.1) is 28.6 Å². The second-order valence-corrected chi connectivity index (χ2v) is 9.32. The van der Waals surface area contributed by atoms with Crippen LogP contribution in [-0.4, -0.2) is 35.0 Å². The Labute approximate surface area is 143 Å². The van der Waals surface area contributed by atoms with Gasteiger partial charge in [0.15, 0.2) is 5.78 Å². The molecule has 0 radical (unpaired) electrons. The highest BCUT2D eigenvalue weighted by Crippen LogP contribution is 2.72. The van der Waals surface area contributed by atoms with Crippen LogP contribution in [0.5, 0.6) is 0 Å². The van der Waals surface area contributed by atoms with Gasteiger partial charge in [0.1, 0.15) is 17.5 Å². The summed E-state index contributed by atoms with van der Waals surface area (Å²) in [5, 5.41) is 9.83. The van der Waals surface area contributed by atoms with E-state index in [9.17, 15) is 14.7 Å². The third kappa shape index (κ3) is 1.58. The first-order valence-electron chi connectivity index (χ1n) is 9.83. The predicted octanol–water partition coefficient (Wildman–Crippen LogP) is 2.66. The highest BCUT2D eigenvalue weighted by molar-refractivity contribution is 5.89. The maximum absolute atomic E-state index is 12.5. The summed E-state index contributed by atoms with van der Waals surface area (Å²) < 4.78 is 6.12. The van der Waals surface area contributed by atoms with E-state index in [4.69, 9.17) is 4.74 Å². The van der Waals surface area contributed by atoms with Gasteiger partial charge < -0.3 is 9.84 Å². The maximum atomic E-state index is 12.5. The van der Waals surface area contributed by atoms with E-state index >= 15 is 0 Å². The molecule has 132 valence electrons. The zero-order chi connectivity index (χ0) is 16.7. The van der Waals surface area contributed by atoms with Crippen LogP contribution in [0.2, 0.25) is 0 Å². The Hall–Kier alpha value is -0.740. The first kappa shape index (κ1) is 15.5. The summed E-state index contributed by atoms with van der Waals surface area (Å²) in [6, 6.07) is 0. The van der Waals surface area contributed by atoms with Gasteiger partial charge in [-0.1, -0.05) is 6.92 Å². The topological polar surface area (TPSA) is 66.9 Å². The van der Waals surface area contributed by atoms with E-state index in [2.05, 4.69) is 6.92 Å². The molecule has 5 aliphatic rings. The molecule has 4 saturated carbocycles. The molecule has 4 nitrogen and oxygen atoms in total. The average molecular weight is 332 g/mol. The van der Waals surface area contributed by atoms with Gasteiger partial charge in [-0.05, 0) is 62.7 Å². The lowest BCUT2D eigenvalue weighted by Crippen LogP contribution is -2.59. The average Bonchev–Trinajstić information content (AvgIpc) is 3.24. The van der Waals surface area contributed by atoms with Crippen LogP contribution >= 0.6 is 0 Å². The van der Waals surface area contributed by atoms with Gasteiger partial charge in [0.05, 0.1) is 0 Å². The van der Waals surface area contributed by atoms with Crippen LogP contribution in [0.15, 0.2) is 0 Å². The van der Waals surface area contributed by atoms with Gasteiger partial charge in [0, 0.05) is 30.3 Å². The maximum Gasteiger partial charge on any atom is 0.164 e. The molecular formula is C20H28O4. The predicted molar refractivity (Wildman–Crippen MR) is 87.3 cm³/mol. The molecule has 0 amide bonds. The van der Waals surface area contributed by atoms with Crippen LogP contribution in [0.4, 0.5) is 0 Å². The van der Waals surface area contributed by atoms with E-state index < -0.39 is 0 Å². The molecule has 0 aromatic carbocycles. The van der Waals surface area contributed by atoms with Gasteiger partial charge in [-0.25, -0.2) is 0 Å². The summed E-state index contributed by atoms with van der Waals surface area (Å²) in [6.07, 6.45) is 7.93. The quantitative estimate of drug-likeness (QED) is 0.790. The summed E-state index contributed by atoms with van der Waals surface area (Å²) in [5.74, 6) is 2.35. The number of Topliss-reactive ketones (excluding diaryl/α,β-unsaturated/α-hetero) is 2. The van der Waals surface area contributed by atoms with Gasteiger partial charge in [-0.3, -0.25) is 9.59 Å². The van der Waals surface area contributed by atoms with Crippen molar-refractivity contribution in [2.75, 3.05) is 6.61 Å². The molecule has 5 rings (SSSR count). The van der Waals surface area contributed by atoms with Crippen molar-refractivity contribution >= 4 is 11.6 Å². The normalized spacial score (nSPS) is 55.4. The van der Waals surface area contributed by atoms with E-state index in [-0.39, 0.29) is 34.9 Å². The Morgan fingerprint density at radius 1 is 1.08 bits per heavy atom. The lowest BCUT2D eigenvalue weighted by molar-refractivity contribution is -0.145. The molecular weight excluding hydrogens is 304 g/mol. The van der Waals surface area contributed by atoms with Gasteiger partial charge in [0.25, 0.3) is 0 Å². The summed E-state index contributed by atoms with van der Waals surface area (Å²) in [7, 11) is 0. The molecule has 24 heavy (non-hydrogen) atoms. The fraction of sp³-hybridized carbons (Fsp3) is 0.900. The number of ketones is 2. The number of rotatable bonds is 2. The standard InChI is InChI=1S/C20H28O4/c1-18-7-5-14-12(13(18)2-3-16(18)23)4-9-20-17(24-20)15(22)6-8-19(14,20)10-11-21/h12-14,17,21H,2-11H2,1H3/t12-,13-,14-,17?,18-,19-,20?/m0/s1. The van der Waals surface area contributed by atoms with Crippen LogP contribution in [-0.2, 0) is 14.3 Å². The van der Waals surface area contributed by atoms with Crippen molar-refractivity contribution in [1.29, 1.82) is 0 Å². The molecule has 1 aliphatic heterocycles. The van der Waals surface area contributed by atoms with Crippen molar-refractivity contribution in [1.82, 2.24) is 0 Å². The SMILES string of the molecule is C[C@]12CC[C@H]3[C@@H](CCC45OC4C(=O)CC[C@]35CCO)[C@@H]1CCC2=O. The molecule has 5 fully saturated rings. The number of epoxide rings is 1. The van der Waals surface area contributed by atoms with Gasteiger partial charge >= 0.3 is 0 Å². The summed E-state index contributed by atoms with van der Waals surface area (Å²) in [5.41, 5.74) is -0.417. The number of aliphatic hydroxyl groups excluding tert-OH is 1. The van der Waals surface area contributed by atoms with Crippen molar-refractivity contribution < 1.29 is 19.4 Å². The fourth-order valence-electron chi connectivity index (χ4n) is 7.76. The molecule has 1 heterocycles. The van der Waals surface area contributed by atoms with E-state index in [1.165, 1.54) is 0 Å². The second kappa shape index (κ2) is 4.70. The van der Waals surface area contributed by atoms with Crippen LogP contribution in [0.25, 0.3) is 0 Å².